The maximum Gasteiger partial charge on any atom is 0.163 e. The van der Waals surface area contributed by atoms with Crippen molar-refractivity contribution in [1.82, 2.24) is 0 Å². The van der Waals surface area contributed by atoms with Crippen molar-refractivity contribution in [2.75, 3.05) is 6.61 Å². The highest BCUT2D eigenvalue weighted by molar-refractivity contribution is 4.77. The van der Waals surface area contributed by atoms with Crippen LogP contribution in [0.2, 0.25) is 0 Å². The van der Waals surface area contributed by atoms with Crippen LogP contribution in [0.15, 0.2) is 0 Å². The van der Waals surface area contributed by atoms with Crippen molar-refractivity contribution in [2.45, 2.75) is 58.1 Å². The van der Waals surface area contributed by atoms with Gasteiger partial charge in [0.05, 0.1) is 6.61 Å². The molecule has 1 unspecified atom stereocenters. The van der Waals surface area contributed by atoms with E-state index in [1.54, 1.807) is 0 Å². The van der Waals surface area contributed by atoms with E-state index in [4.69, 9.17) is 9.47 Å². The van der Waals surface area contributed by atoms with Gasteiger partial charge in [0, 0.05) is 0 Å². The molecule has 0 N–H and O–H groups in total. The SMILES string of the molecule is CCCCC(F)[C@H]1COC(C)(C)O1. The van der Waals surface area contributed by atoms with Gasteiger partial charge in [0.1, 0.15) is 12.3 Å². The fraction of sp³-hybridized carbons (Fsp3) is 1.00. The largest absolute Gasteiger partial charge is 0.348 e. The quantitative estimate of drug-likeness (QED) is 0.678. The first-order chi connectivity index (χ1) is 6.05. The fourth-order valence-electron chi connectivity index (χ4n) is 1.48. The Labute approximate surface area is 79.4 Å². The molecular weight excluding hydrogens is 171 g/mol. The molecule has 1 heterocycles. The Morgan fingerprint density at radius 1 is 1.54 bits per heavy atom. The zero-order chi connectivity index (χ0) is 9.90. The average molecular weight is 190 g/mol. The van der Waals surface area contributed by atoms with Gasteiger partial charge in [-0.15, -0.1) is 0 Å². The minimum Gasteiger partial charge on any atom is -0.348 e. The number of hydrogen-bond donors (Lipinski definition) is 0. The van der Waals surface area contributed by atoms with E-state index < -0.39 is 12.0 Å². The summed E-state index contributed by atoms with van der Waals surface area (Å²) in [5, 5.41) is 0. The molecule has 1 rings (SSSR count). The van der Waals surface area contributed by atoms with Crippen LogP contribution in [0, 0.1) is 0 Å². The zero-order valence-corrected chi connectivity index (χ0v) is 8.68. The Morgan fingerprint density at radius 2 is 2.23 bits per heavy atom. The summed E-state index contributed by atoms with van der Waals surface area (Å²) in [6.45, 7) is 6.08. The first kappa shape index (κ1) is 10.9. The smallest absolute Gasteiger partial charge is 0.163 e. The summed E-state index contributed by atoms with van der Waals surface area (Å²) in [5.41, 5.74) is 0. The summed E-state index contributed by atoms with van der Waals surface area (Å²) in [7, 11) is 0. The lowest BCUT2D eigenvalue weighted by Crippen LogP contribution is -2.27. The molecule has 0 bridgehead atoms. The van der Waals surface area contributed by atoms with E-state index in [1.807, 2.05) is 13.8 Å². The van der Waals surface area contributed by atoms with E-state index in [0.29, 0.717) is 13.0 Å². The third kappa shape index (κ3) is 3.24. The molecule has 0 saturated carbocycles. The lowest BCUT2D eigenvalue weighted by molar-refractivity contribution is -0.146. The third-order valence-electron chi connectivity index (χ3n) is 2.27. The van der Waals surface area contributed by atoms with Crippen LogP contribution in [0.5, 0.6) is 0 Å². The molecule has 1 aliphatic rings. The van der Waals surface area contributed by atoms with Crippen molar-refractivity contribution in [3.8, 4) is 0 Å². The molecule has 0 radical (unpaired) electrons. The minimum atomic E-state index is -0.873. The number of unbranched alkanes of at least 4 members (excludes halogenated alkanes) is 1. The predicted molar refractivity (Wildman–Crippen MR) is 49.3 cm³/mol. The van der Waals surface area contributed by atoms with Gasteiger partial charge in [-0.25, -0.2) is 4.39 Å². The number of hydrogen-bond acceptors (Lipinski definition) is 2. The molecule has 2 nitrogen and oxygen atoms in total. The Balaban J connectivity index is 2.29. The van der Waals surface area contributed by atoms with Gasteiger partial charge in [-0.05, 0) is 20.3 Å². The number of rotatable bonds is 4. The topological polar surface area (TPSA) is 18.5 Å². The standard InChI is InChI=1S/C10H19FO2/c1-4-5-6-8(11)9-7-12-10(2,3)13-9/h8-9H,4-7H2,1-3H3/t8?,9-/m1/s1. The van der Waals surface area contributed by atoms with Crippen molar-refractivity contribution >= 4 is 0 Å². The zero-order valence-electron chi connectivity index (χ0n) is 8.68. The summed E-state index contributed by atoms with van der Waals surface area (Å²) in [6, 6.07) is 0. The van der Waals surface area contributed by atoms with Crippen LogP contribution in [0.3, 0.4) is 0 Å². The van der Waals surface area contributed by atoms with Gasteiger partial charge in [-0.1, -0.05) is 19.8 Å². The molecule has 1 aliphatic heterocycles. The summed E-state index contributed by atoms with van der Waals surface area (Å²) < 4.78 is 24.1. The van der Waals surface area contributed by atoms with Crippen LogP contribution in [-0.2, 0) is 9.47 Å². The van der Waals surface area contributed by atoms with E-state index >= 15 is 0 Å². The molecule has 3 heteroatoms. The highest BCUT2D eigenvalue weighted by Gasteiger charge is 2.37. The van der Waals surface area contributed by atoms with E-state index in [-0.39, 0.29) is 6.10 Å². The van der Waals surface area contributed by atoms with Gasteiger partial charge >= 0.3 is 0 Å². The van der Waals surface area contributed by atoms with Crippen molar-refractivity contribution in [2.24, 2.45) is 0 Å². The number of alkyl halides is 1. The highest BCUT2D eigenvalue weighted by Crippen LogP contribution is 2.27. The predicted octanol–water partition coefficient (Wildman–Crippen LogP) is 2.67. The molecular formula is C10H19FO2. The second-order valence-electron chi connectivity index (χ2n) is 4.03. The summed E-state index contributed by atoms with van der Waals surface area (Å²) >= 11 is 0. The molecule has 0 aromatic carbocycles. The van der Waals surface area contributed by atoms with Crippen molar-refractivity contribution in [3.63, 3.8) is 0 Å². The summed E-state index contributed by atoms with van der Waals surface area (Å²) in [6.07, 6.45) is 1.29. The van der Waals surface area contributed by atoms with Crippen molar-refractivity contribution < 1.29 is 13.9 Å². The minimum absolute atomic E-state index is 0.360. The van der Waals surface area contributed by atoms with Gasteiger partial charge in [0.2, 0.25) is 0 Å². The Morgan fingerprint density at radius 3 is 2.69 bits per heavy atom. The lowest BCUT2D eigenvalue weighted by atomic mass is 10.1. The number of halogens is 1. The molecule has 0 spiro atoms. The second-order valence-corrected chi connectivity index (χ2v) is 4.03. The van der Waals surface area contributed by atoms with Gasteiger partial charge in [0.15, 0.2) is 5.79 Å². The first-order valence-electron chi connectivity index (χ1n) is 5.01. The van der Waals surface area contributed by atoms with E-state index in [9.17, 15) is 4.39 Å². The molecule has 13 heavy (non-hydrogen) atoms. The van der Waals surface area contributed by atoms with E-state index in [1.165, 1.54) is 0 Å². The van der Waals surface area contributed by atoms with Crippen LogP contribution in [0.25, 0.3) is 0 Å². The Bertz CT molecular complexity index is 159. The normalized spacial score (nSPS) is 29.1. The van der Waals surface area contributed by atoms with Crippen LogP contribution < -0.4 is 0 Å². The monoisotopic (exact) mass is 190 g/mol. The maximum absolute atomic E-state index is 13.4. The molecule has 1 fully saturated rings. The summed E-state index contributed by atoms with van der Waals surface area (Å²) in [5.74, 6) is -0.596. The van der Waals surface area contributed by atoms with Gasteiger partial charge in [-0.3, -0.25) is 0 Å². The van der Waals surface area contributed by atoms with Crippen LogP contribution in [0.1, 0.15) is 40.0 Å². The van der Waals surface area contributed by atoms with Crippen molar-refractivity contribution in [3.05, 3.63) is 0 Å². The second kappa shape index (κ2) is 4.38. The summed E-state index contributed by atoms with van der Waals surface area (Å²) in [4.78, 5) is 0. The molecule has 0 aromatic rings. The van der Waals surface area contributed by atoms with Gasteiger partial charge < -0.3 is 9.47 Å². The molecule has 0 aliphatic carbocycles. The third-order valence-corrected chi connectivity index (χ3v) is 2.27. The molecule has 78 valence electrons. The van der Waals surface area contributed by atoms with Crippen LogP contribution in [0.4, 0.5) is 4.39 Å². The lowest BCUT2D eigenvalue weighted by Gasteiger charge is -2.18. The van der Waals surface area contributed by atoms with Crippen LogP contribution in [-0.4, -0.2) is 24.7 Å². The van der Waals surface area contributed by atoms with Crippen LogP contribution >= 0.6 is 0 Å². The van der Waals surface area contributed by atoms with E-state index in [0.717, 1.165) is 12.8 Å². The number of ether oxygens (including phenoxy) is 2. The molecule has 0 aromatic heterocycles. The maximum atomic E-state index is 13.4. The molecule has 2 atom stereocenters. The Kier molecular flexibility index (Phi) is 3.68. The van der Waals surface area contributed by atoms with Gasteiger partial charge in [0.25, 0.3) is 0 Å². The Hall–Kier alpha value is -0.150. The average Bonchev–Trinajstić information content (AvgIpc) is 2.42. The molecule has 0 amide bonds. The first-order valence-corrected chi connectivity index (χ1v) is 5.01. The van der Waals surface area contributed by atoms with Crippen molar-refractivity contribution in [1.29, 1.82) is 0 Å². The van der Waals surface area contributed by atoms with Gasteiger partial charge in [-0.2, -0.15) is 0 Å². The fourth-order valence-corrected chi connectivity index (χ4v) is 1.48. The highest BCUT2D eigenvalue weighted by atomic mass is 19.1. The van der Waals surface area contributed by atoms with E-state index in [2.05, 4.69) is 6.92 Å². The molecule has 1 saturated heterocycles.